The molecule has 2 aromatic rings. The second-order valence-corrected chi connectivity index (χ2v) is 6.18. The number of aromatic nitrogens is 2. The van der Waals surface area contributed by atoms with E-state index in [4.69, 9.17) is 16.3 Å². The lowest BCUT2D eigenvalue weighted by atomic mass is 10.2. The molecule has 1 aliphatic rings. The van der Waals surface area contributed by atoms with Gasteiger partial charge in [0.1, 0.15) is 5.15 Å². The Morgan fingerprint density at radius 3 is 2.76 bits per heavy atom. The van der Waals surface area contributed by atoms with Gasteiger partial charge < -0.3 is 10.1 Å². The highest BCUT2D eigenvalue weighted by atomic mass is 35.5. The van der Waals surface area contributed by atoms with Gasteiger partial charge in [-0.1, -0.05) is 29.8 Å². The number of esters is 1. The molecule has 0 spiro atoms. The third-order valence-electron chi connectivity index (χ3n) is 3.72. The minimum Gasteiger partial charge on any atom is -0.452 e. The predicted molar refractivity (Wildman–Crippen MR) is 94.5 cm³/mol. The largest absolute Gasteiger partial charge is 0.452 e. The van der Waals surface area contributed by atoms with Crippen LogP contribution in [0.3, 0.4) is 0 Å². The SMILES string of the molecule is Cc1nn(-c2ccccc2)c(Cl)c1/C=C/C(=O)OCC(=O)NC1CC1. The summed E-state index contributed by atoms with van der Waals surface area (Å²) in [5.41, 5.74) is 2.14. The van der Waals surface area contributed by atoms with Crippen molar-refractivity contribution in [3.05, 3.63) is 52.8 Å². The van der Waals surface area contributed by atoms with Gasteiger partial charge in [0.15, 0.2) is 6.61 Å². The van der Waals surface area contributed by atoms with Crippen molar-refractivity contribution in [2.75, 3.05) is 6.61 Å². The summed E-state index contributed by atoms with van der Waals surface area (Å²) in [6, 6.07) is 9.71. The summed E-state index contributed by atoms with van der Waals surface area (Å²) in [6.07, 6.45) is 4.77. The molecular formula is C18H18ClN3O3. The lowest BCUT2D eigenvalue weighted by molar-refractivity contribution is -0.143. The second-order valence-electron chi connectivity index (χ2n) is 5.82. The van der Waals surface area contributed by atoms with Crippen molar-refractivity contribution in [1.82, 2.24) is 15.1 Å². The average molecular weight is 360 g/mol. The van der Waals surface area contributed by atoms with Crippen LogP contribution in [0.4, 0.5) is 0 Å². The van der Waals surface area contributed by atoms with Crippen LogP contribution >= 0.6 is 11.6 Å². The summed E-state index contributed by atoms with van der Waals surface area (Å²) < 4.78 is 6.52. The minimum absolute atomic E-state index is 0.243. The van der Waals surface area contributed by atoms with E-state index in [1.807, 2.05) is 30.3 Å². The Morgan fingerprint density at radius 2 is 2.08 bits per heavy atom. The molecule has 1 aromatic carbocycles. The topological polar surface area (TPSA) is 73.2 Å². The summed E-state index contributed by atoms with van der Waals surface area (Å²) in [4.78, 5) is 23.3. The first-order valence-electron chi connectivity index (χ1n) is 7.99. The maximum Gasteiger partial charge on any atom is 0.331 e. The molecule has 25 heavy (non-hydrogen) atoms. The van der Waals surface area contributed by atoms with E-state index in [1.165, 1.54) is 6.08 Å². The average Bonchev–Trinajstić information content (AvgIpc) is 3.37. The molecule has 0 bridgehead atoms. The fourth-order valence-corrected chi connectivity index (χ4v) is 2.61. The number of ether oxygens (including phenoxy) is 1. The molecule has 3 rings (SSSR count). The van der Waals surface area contributed by atoms with Crippen molar-refractivity contribution in [2.24, 2.45) is 0 Å². The number of carbonyl (C=O) groups is 2. The number of hydrogen-bond acceptors (Lipinski definition) is 4. The highest BCUT2D eigenvalue weighted by Gasteiger charge is 2.23. The van der Waals surface area contributed by atoms with Crippen molar-refractivity contribution in [3.8, 4) is 5.69 Å². The van der Waals surface area contributed by atoms with Crippen LogP contribution in [-0.2, 0) is 14.3 Å². The molecular weight excluding hydrogens is 342 g/mol. The number of aryl methyl sites for hydroxylation is 1. The Bertz CT molecular complexity index is 810. The number of amides is 1. The van der Waals surface area contributed by atoms with Crippen molar-refractivity contribution in [3.63, 3.8) is 0 Å². The van der Waals surface area contributed by atoms with Crippen LogP contribution in [0.25, 0.3) is 11.8 Å². The van der Waals surface area contributed by atoms with Crippen LogP contribution < -0.4 is 5.32 Å². The first-order chi connectivity index (χ1) is 12.0. The Balaban J connectivity index is 1.63. The quantitative estimate of drug-likeness (QED) is 0.635. The van der Waals surface area contributed by atoms with Crippen molar-refractivity contribution in [1.29, 1.82) is 0 Å². The third kappa shape index (κ3) is 4.48. The standard InChI is InChI=1S/C18H18ClN3O3/c1-12-15(18(19)22(21-12)14-5-3-2-4-6-14)9-10-17(24)25-11-16(23)20-13-7-8-13/h2-6,9-10,13H,7-8,11H2,1H3,(H,20,23)/b10-9+. The van der Waals surface area contributed by atoms with Crippen LogP contribution in [0.15, 0.2) is 36.4 Å². The Morgan fingerprint density at radius 1 is 1.36 bits per heavy atom. The van der Waals surface area contributed by atoms with Gasteiger partial charge in [0.05, 0.1) is 11.4 Å². The summed E-state index contributed by atoms with van der Waals surface area (Å²) in [7, 11) is 0. The maximum absolute atomic E-state index is 11.8. The number of rotatable bonds is 6. The van der Waals surface area contributed by atoms with E-state index in [2.05, 4.69) is 10.4 Å². The molecule has 0 radical (unpaired) electrons. The molecule has 6 nitrogen and oxygen atoms in total. The summed E-state index contributed by atoms with van der Waals surface area (Å²) in [6.45, 7) is 1.52. The highest BCUT2D eigenvalue weighted by molar-refractivity contribution is 6.31. The number of hydrogen-bond donors (Lipinski definition) is 1. The normalized spacial score (nSPS) is 13.8. The lowest BCUT2D eigenvalue weighted by Gasteiger charge is -2.03. The van der Waals surface area contributed by atoms with Gasteiger partial charge >= 0.3 is 5.97 Å². The molecule has 1 N–H and O–H groups in total. The summed E-state index contributed by atoms with van der Waals surface area (Å²) in [5, 5.41) is 7.54. The highest BCUT2D eigenvalue weighted by Crippen LogP contribution is 2.24. The van der Waals surface area contributed by atoms with Gasteiger partial charge in [-0.3, -0.25) is 4.79 Å². The van der Waals surface area contributed by atoms with Crippen LogP contribution in [0.2, 0.25) is 5.15 Å². The van der Waals surface area contributed by atoms with E-state index in [0.29, 0.717) is 16.4 Å². The second kappa shape index (κ2) is 7.53. The molecule has 130 valence electrons. The molecule has 1 saturated carbocycles. The molecule has 1 amide bonds. The van der Waals surface area contributed by atoms with Crippen LogP contribution in [0.1, 0.15) is 24.1 Å². The molecule has 0 atom stereocenters. The van der Waals surface area contributed by atoms with Crippen molar-refractivity contribution < 1.29 is 14.3 Å². The van der Waals surface area contributed by atoms with E-state index in [1.54, 1.807) is 17.7 Å². The van der Waals surface area contributed by atoms with E-state index < -0.39 is 5.97 Å². The van der Waals surface area contributed by atoms with E-state index in [0.717, 1.165) is 18.5 Å². The fourth-order valence-electron chi connectivity index (χ4n) is 2.27. The summed E-state index contributed by atoms with van der Waals surface area (Å²) >= 11 is 6.37. The third-order valence-corrected chi connectivity index (χ3v) is 4.09. The van der Waals surface area contributed by atoms with E-state index in [-0.39, 0.29) is 18.6 Å². The maximum atomic E-state index is 11.8. The van der Waals surface area contributed by atoms with Gasteiger partial charge in [-0.15, -0.1) is 0 Å². The number of nitrogens with zero attached hydrogens (tertiary/aromatic N) is 2. The molecule has 1 aromatic heterocycles. The Hall–Kier alpha value is -2.60. The Kier molecular flexibility index (Phi) is 5.19. The van der Waals surface area contributed by atoms with Crippen LogP contribution in [0.5, 0.6) is 0 Å². The first kappa shape index (κ1) is 17.2. The van der Waals surface area contributed by atoms with Gasteiger partial charge in [0, 0.05) is 17.7 Å². The van der Waals surface area contributed by atoms with Gasteiger partial charge in [-0.2, -0.15) is 5.10 Å². The molecule has 0 aliphatic heterocycles. The van der Waals surface area contributed by atoms with Gasteiger partial charge in [-0.25, -0.2) is 9.48 Å². The number of nitrogens with one attached hydrogen (secondary N) is 1. The van der Waals surface area contributed by atoms with E-state index in [9.17, 15) is 9.59 Å². The van der Waals surface area contributed by atoms with Gasteiger partial charge in [0.25, 0.3) is 5.91 Å². The lowest BCUT2D eigenvalue weighted by Crippen LogP contribution is -2.30. The molecule has 1 fully saturated rings. The smallest absolute Gasteiger partial charge is 0.331 e. The van der Waals surface area contributed by atoms with Gasteiger partial charge in [-0.05, 0) is 38.0 Å². The monoisotopic (exact) mass is 359 g/mol. The molecule has 7 heteroatoms. The predicted octanol–water partition coefficient (Wildman–Crippen LogP) is 2.67. The summed E-state index contributed by atoms with van der Waals surface area (Å²) in [5.74, 6) is -0.885. The first-order valence-corrected chi connectivity index (χ1v) is 8.37. The van der Waals surface area contributed by atoms with Crippen molar-refractivity contribution >= 4 is 29.6 Å². The number of carbonyl (C=O) groups excluding carboxylic acids is 2. The number of para-hydroxylation sites is 1. The Labute approximate surface area is 150 Å². The fraction of sp³-hybridized carbons (Fsp3) is 0.278. The number of benzene rings is 1. The van der Waals surface area contributed by atoms with Crippen LogP contribution in [0, 0.1) is 6.92 Å². The molecule has 1 aliphatic carbocycles. The van der Waals surface area contributed by atoms with E-state index >= 15 is 0 Å². The zero-order valence-corrected chi connectivity index (χ0v) is 14.5. The number of halogens is 1. The van der Waals surface area contributed by atoms with Gasteiger partial charge in [0.2, 0.25) is 0 Å². The minimum atomic E-state index is -0.603. The molecule has 0 saturated heterocycles. The molecule has 1 heterocycles. The zero-order valence-electron chi connectivity index (χ0n) is 13.7. The van der Waals surface area contributed by atoms with Crippen LogP contribution in [-0.4, -0.2) is 34.3 Å². The zero-order chi connectivity index (χ0) is 17.8. The van der Waals surface area contributed by atoms with Crippen molar-refractivity contribution in [2.45, 2.75) is 25.8 Å². The molecule has 0 unspecified atom stereocenters.